The number of benzene rings is 1. The van der Waals surface area contributed by atoms with Gasteiger partial charge in [0.2, 0.25) is 15.9 Å². The molecule has 1 fully saturated rings. The van der Waals surface area contributed by atoms with Crippen LogP contribution in [0.4, 0.5) is 0 Å². The maximum Gasteiger partial charge on any atom is 0.243 e. The van der Waals surface area contributed by atoms with Crippen LogP contribution in [0.3, 0.4) is 0 Å². The summed E-state index contributed by atoms with van der Waals surface area (Å²) in [6.07, 6.45) is 5.14. The van der Waals surface area contributed by atoms with Gasteiger partial charge in [0.1, 0.15) is 5.75 Å². The number of rotatable bonds is 7. The molecule has 6 nitrogen and oxygen atoms in total. The van der Waals surface area contributed by atoms with Gasteiger partial charge in [0.25, 0.3) is 0 Å². The number of amides is 1. The predicted octanol–water partition coefficient (Wildman–Crippen LogP) is 2.33. The molecule has 3 rings (SSSR count). The van der Waals surface area contributed by atoms with Crippen LogP contribution >= 0.6 is 0 Å². The minimum atomic E-state index is -3.51. The van der Waals surface area contributed by atoms with Crippen molar-refractivity contribution in [3.8, 4) is 5.75 Å². The number of carbonyl (C=O) groups is 1. The van der Waals surface area contributed by atoms with Gasteiger partial charge >= 0.3 is 0 Å². The summed E-state index contributed by atoms with van der Waals surface area (Å²) in [4.78, 5) is 12.5. The lowest BCUT2D eigenvalue weighted by Gasteiger charge is -2.30. The van der Waals surface area contributed by atoms with Crippen LogP contribution in [0.15, 0.2) is 23.1 Å². The fourth-order valence-electron chi connectivity index (χ4n) is 3.56. The van der Waals surface area contributed by atoms with E-state index in [1.165, 1.54) is 4.31 Å². The monoisotopic (exact) mass is 380 g/mol. The topological polar surface area (TPSA) is 75.7 Å². The van der Waals surface area contributed by atoms with Crippen LogP contribution in [0.1, 0.15) is 44.6 Å². The molecule has 26 heavy (non-hydrogen) atoms. The molecule has 0 unspecified atom stereocenters. The number of nitrogens with zero attached hydrogens (tertiary/aromatic N) is 1. The normalized spacial score (nSPS) is 18.3. The van der Waals surface area contributed by atoms with Crippen molar-refractivity contribution in [1.82, 2.24) is 9.62 Å². The number of nitrogens with one attached hydrogen (secondary N) is 1. The number of hydrogen-bond donors (Lipinski definition) is 1. The summed E-state index contributed by atoms with van der Waals surface area (Å²) in [5, 5.41) is 2.98. The molecule has 1 N–H and O–H groups in total. The summed E-state index contributed by atoms with van der Waals surface area (Å²) in [6.45, 7) is 4.23. The number of piperidine rings is 1. The number of ether oxygens (including phenoxy) is 1. The molecule has 1 saturated heterocycles. The van der Waals surface area contributed by atoms with Crippen LogP contribution in [0.2, 0.25) is 0 Å². The van der Waals surface area contributed by atoms with Crippen molar-refractivity contribution in [2.24, 2.45) is 5.92 Å². The first-order valence-corrected chi connectivity index (χ1v) is 11.0. The Kier molecular flexibility index (Phi) is 6.19. The number of unbranched alkanes of at least 4 members (excludes halogenated alkanes) is 2. The van der Waals surface area contributed by atoms with E-state index >= 15 is 0 Å². The highest BCUT2D eigenvalue weighted by Crippen LogP contribution is 2.30. The first-order valence-electron chi connectivity index (χ1n) is 9.56. The van der Waals surface area contributed by atoms with Gasteiger partial charge in [0, 0.05) is 32.0 Å². The summed E-state index contributed by atoms with van der Waals surface area (Å²) < 4.78 is 32.7. The minimum Gasteiger partial charge on any atom is -0.493 e. The van der Waals surface area contributed by atoms with Crippen molar-refractivity contribution in [3.05, 3.63) is 23.8 Å². The summed E-state index contributed by atoms with van der Waals surface area (Å²) in [6, 6.07) is 5.09. The molecule has 0 aliphatic carbocycles. The molecule has 0 aromatic heterocycles. The highest BCUT2D eigenvalue weighted by atomic mass is 32.2. The minimum absolute atomic E-state index is 0.0628. The molecule has 2 aliphatic rings. The van der Waals surface area contributed by atoms with Crippen molar-refractivity contribution >= 4 is 15.9 Å². The number of sulfonamides is 1. The van der Waals surface area contributed by atoms with E-state index in [4.69, 9.17) is 4.74 Å². The standard InChI is InChI=1S/C19H28N2O4S/c1-2-3-4-10-20-19(22)15-7-11-21(12-8-15)26(23,24)17-5-6-18-16(14-17)9-13-25-18/h5-6,14-15H,2-4,7-13H2,1H3,(H,20,22). The lowest BCUT2D eigenvalue weighted by molar-refractivity contribution is -0.126. The van der Waals surface area contributed by atoms with Gasteiger partial charge in [-0.1, -0.05) is 19.8 Å². The average Bonchev–Trinajstić information content (AvgIpc) is 3.13. The van der Waals surface area contributed by atoms with Crippen LogP contribution in [0.25, 0.3) is 0 Å². The van der Waals surface area contributed by atoms with Crippen LogP contribution in [0.5, 0.6) is 5.75 Å². The van der Waals surface area contributed by atoms with Gasteiger partial charge in [-0.15, -0.1) is 0 Å². The maximum absolute atomic E-state index is 12.9. The van der Waals surface area contributed by atoms with E-state index in [-0.39, 0.29) is 11.8 Å². The summed E-state index contributed by atoms with van der Waals surface area (Å²) >= 11 is 0. The molecule has 2 heterocycles. The molecule has 1 aromatic rings. The van der Waals surface area contributed by atoms with Crippen LogP contribution in [-0.2, 0) is 21.2 Å². The lowest BCUT2D eigenvalue weighted by atomic mass is 9.97. The molecule has 1 aromatic carbocycles. The molecule has 1 amide bonds. The first-order chi connectivity index (χ1) is 12.5. The van der Waals surface area contributed by atoms with Gasteiger partial charge in [-0.05, 0) is 43.0 Å². The average molecular weight is 381 g/mol. The Morgan fingerprint density at radius 3 is 2.77 bits per heavy atom. The van der Waals surface area contributed by atoms with Crippen LogP contribution in [-0.4, -0.2) is 44.9 Å². The fourth-order valence-corrected chi connectivity index (χ4v) is 5.08. The van der Waals surface area contributed by atoms with Gasteiger partial charge < -0.3 is 10.1 Å². The largest absolute Gasteiger partial charge is 0.493 e. The Morgan fingerprint density at radius 1 is 1.27 bits per heavy atom. The van der Waals surface area contributed by atoms with Gasteiger partial charge in [0.05, 0.1) is 11.5 Å². The molecule has 0 atom stereocenters. The van der Waals surface area contributed by atoms with E-state index in [1.807, 2.05) is 0 Å². The SMILES string of the molecule is CCCCCNC(=O)C1CCN(S(=O)(=O)c2ccc3c(c2)CCO3)CC1. The third-order valence-corrected chi connectivity index (χ3v) is 7.10. The molecule has 0 saturated carbocycles. The fraction of sp³-hybridized carbons (Fsp3) is 0.632. The van der Waals surface area contributed by atoms with E-state index in [0.717, 1.165) is 37.0 Å². The lowest BCUT2D eigenvalue weighted by Crippen LogP contribution is -2.43. The second-order valence-electron chi connectivity index (χ2n) is 7.04. The zero-order valence-corrected chi connectivity index (χ0v) is 16.2. The highest BCUT2D eigenvalue weighted by Gasteiger charge is 2.32. The van der Waals surface area contributed by atoms with Crippen LogP contribution in [0, 0.1) is 5.92 Å². The second-order valence-corrected chi connectivity index (χ2v) is 8.98. The number of hydrogen-bond acceptors (Lipinski definition) is 4. The quantitative estimate of drug-likeness (QED) is 0.737. The molecular formula is C19H28N2O4S. The smallest absolute Gasteiger partial charge is 0.243 e. The Morgan fingerprint density at radius 2 is 2.04 bits per heavy atom. The summed E-state index contributed by atoms with van der Waals surface area (Å²) in [5.41, 5.74) is 0.951. The van der Waals surface area contributed by atoms with Crippen molar-refractivity contribution in [2.45, 2.75) is 50.3 Å². The summed E-state index contributed by atoms with van der Waals surface area (Å²) in [7, 11) is -3.51. The van der Waals surface area contributed by atoms with Crippen molar-refractivity contribution in [1.29, 1.82) is 0 Å². The predicted molar refractivity (Wildman–Crippen MR) is 99.7 cm³/mol. The Hall–Kier alpha value is -1.60. The van der Waals surface area contributed by atoms with Gasteiger partial charge in [-0.2, -0.15) is 4.31 Å². The van der Waals surface area contributed by atoms with E-state index in [9.17, 15) is 13.2 Å². The third-order valence-electron chi connectivity index (χ3n) is 5.20. The second kappa shape index (κ2) is 8.39. The van der Waals surface area contributed by atoms with Gasteiger partial charge in [0.15, 0.2) is 0 Å². The van der Waals surface area contributed by atoms with Crippen molar-refractivity contribution < 1.29 is 17.9 Å². The first kappa shape index (κ1) is 19.2. The van der Waals surface area contributed by atoms with Crippen LogP contribution < -0.4 is 10.1 Å². The Bertz CT molecular complexity index is 740. The number of carbonyl (C=O) groups excluding carboxylic acids is 1. The van der Waals surface area contributed by atoms with Crippen molar-refractivity contribution in [2.75, 3.05) is 26.2 Å². The number of fused-ring (bicyclic) bond motifs is 1. The molecule has 0 radical (unpaired) electrons. The maximum atomic E-state index is 12.9. The van der Waals surface area contributed by atoms with Gasteiger partial charge in [-0.25, -0.2) is 8.42 Å². The zero-order chi connectivity index (χ0) is 18.6. The van der Waals surface area contributed by atoms with E-state index in [0.29, 0.717) is 44.0 Å². The molecule has 0 spiro atoms. The molecule has 2 aliphatic heterocycles. The third kappa shape index (κ3) is 4.20. The molecule has 7 heteroatoms. The molecular weight excluding hydrogens is 352 g/mol. The highest BCUT2D eigenvalue weighted by molar-refractivity contribution is 7.89. The Balaban J connectivity index is 1.56. The zero-order valence-electron chi connectivity index (χ0n) is 15.4. The van der Waals surface area contributed by atoms with Gasteiger partial charge in [-0.3, -0.25) is 4.79 Å². The van der Waals surface area contributed by atoms with E-state index in [1.54, 1.807) is 18.2 Å². The molecule has 144 valence electrons. The van der Waals surface area contributed by atoms with Crippen molar-refractivity contribution in [3.63, 3.8) is 0 Å². The molecule has 0 bridgehead atoms. The summed E-state index contributed by atoms with van der Waals surface area (Å²) in [5.74, 6) is 0.756. The van der Waals surface area contributed by atoms with E-state index in [2.05, 4.69) is 12.2 Å². The van der Waals surface area contributed by atoms with E-state index < -0.39 is 10.0 Å². The Labute approximate surface area is 156 Å².